The van der Waals surface area contributed by atoms with Crippen molar-refractivity contribution in [1.82, 2.24) is 10.6 Å². The van der Waals surface area contributed by atoms with E-state index in [0.717, 1.165) is 12.1 Å². The van der Waals surface area contributed by atoms with E-state index < -0.39 is 0 Å². The predicted octanol–water partition coefficient (Wildman–Crippen LogP) is 0.0293. The number of hydrogen-bond acceptors (Lipinski definition) is 3. The predicted molar refractivity (Wildman–Crippen MR) is 54.6 cm³/mol. The van der Waals surface area contributed by atoms with Crippen LogP contribution in [0.15, 0.2) is 24.3 Å². The second-order valence-corrected chi connectivity index (χ2v) is 3.35. The first kappa shape index (κ1) is 9.02. The van der Waals surface area contributed by atoms with Gasteiger partial charge in [0.25, 0.3) is 0 Å². The van der Waals surface area contributed by atoms with Crippen LogP contribution in [-0.2, 0) is 4.79 Å². The zero-order valence-electron chi connectivity index (χ0n) is 7.79. The normalized spacial score (nSPS) is 21.7. The summed E-state index contributed by atoms with van der Waals surface area (Å²) in [5, 5.41) is 5.95. The van der Waals surface area contributed by atoms with Gasteiger partial charge in [-0.3, -0.25) is 4.79 Å². The van der Waals surface area contributed by atoms with Crippen LogP contribution in [0.1, 0.15) is 11.6 Å². The molecule has 0 bridgehead atoms. The van der Waals surface area contributed by atoms with Crippen molar-refractivity contribution in [3.63, 3.8) is 0 Å². The van der Waals surface area contributed by atoms with Crippen LogP contribution in [0.5, 0.6) is 0 Å². The van der Waals surface area contributed by atoms with Crippen molar-refractivity contribution in [2.75, 3.05) is 18.8 Å². The van der Waals surface area contributed by atoms with Crippen molar-refractivity contribution in [3.05, 3.63) is 29.8 Å². The van der Waals surface area contributed by atoms with Crippen LogP contribution in [-0.4, -0.2) is 19.0 Å². The molecule has 0 aliphatic carbocycles. The van der Waals surface area contributed by atoms with Gasteiger partial charge in [-0.1, -0.05) is 12.1 Å². The number of piperazine rings is 1. The van der Waals surface area contributed by atoms with Gasteiger partial charge in [-0.15, -0.1) is 0 Å². The Morgan fingerprint density at radius 1 is 1.36 bits per heavy atom. The van der Waals surface area contributed by atoms with Crippen LogP contribution in [0.4, 0.5) is 5.69 Å². The van der Waals surface area contributed by atoms with Gasteiger partial charge in [0.2, 0.25) is 5.91 Å². The minimum Gasteiger partial charge on any atom is -0.399 e. The number of benzene rings is 1. The first-order valence-corrected chi connectivity index (χ1v) is 4.64. The second-order valence-electron chi connectivity index (χ2n) is 3.35. The van der Waals surface area contributed by atoms with E-state index in [9.17, 15) is 4.79 Å². The third kappa shape index (κ3) is 1.70. The van der Waals surface area contributed by atoms with E-state index in [1.165, 1.54) is 0 Å². The summed E-state index contributed by atoms with van der Waals surface area (Å²) in [6.45, 7) is 1.49. The van der Waals surface area contributed by atoms with Crippen molar-refractivity contribution in [3.8, 4) is 0 Å². The molecule has 4 N–H and O–H groups in total. The van der Waals surface area contributed by atoms with Crippen molar-refractivity contribution >= 4 is 11.6 Å². The average molecular weight is 191 g/mol. The number of rotatable bonds is 1. The van der Waals surface area contributed by atoms with E-state index in [1.807, 2.05) is 24.3 Å². The fraction of sp³-hybridized carbons (Fsp3) is 0.300. The lowest BCUT2D eigenvalue weighted by atomic mass is 10.0. The summed E-state index contributed by atoms with van der Waals surface area (Å²) in [6.07, 6.45) is 0. The van der Waals surface area contributed by atoms with Crippen LogP contribution in [0, 0.1) is 0 Å². The van der Waals surface area contributed by atoms with E-state index in [-0.39, 0.29) is 11.9 Å². The van der Waals surface area contributed by atoms with E-state index >= 15 is 0 Å². The topological polar surface area (TPSA) is 67.2 Å². The Hall–Kier alpha value is -1.55. The molecule has 1 saturated heterocycles. The summed E-state index contributed by atoms with van der Waals surface area (Å²) in [6, 6.07) is 7.13. The van der Waals surface area contributed by atoms with Crippen molar-refractivity contribution in [2.24, 2.45) is 0 Å². The van der Waals surface area contributed by atoms with E-state index in [2.05, 4.69) is 10.6 Å². The standard InChI is InChI=1S/C10H13N3O/c11-8-3-1-2-7(6-8)9-10(14)13-5-4-12-9/h1-3,6,9,12H,4-5,11H2,(H,13,14). The molecule has 0 radical (unpaired) electrons. The van der Waals surface area contributed by atoms with Gasteiger partial charge in [-0.05, 0) is 17.7 Å². The number of anilines is 1. The number of nitrogens with two attached hydrogens (primary N) is 1. The molecule has 14 heavy (non-hydrogen) atoms. The number of carbonyl (C=O) groups excluding carboxylic acids is 1. The van der Waals surface area contributed by atoms with E-state index in [0.29, 0.717) is 12.2 Å². The van der Waals surface area contributed by atoms with Gasteiger partial charge in [0.1, 0.15) is 6.04 Å². The quantitative estimate of drug-likeness (QED) is 0.549. The van der Waals surface area contributed by atoms with Crippen molar-refractivity contribution in [2.45, 2.75) is 6.04 Å². The highest BCUT2D eigenvalue weighted by atomic mass is 16.2. The Balaban J connectivity index is 2.24. The first-order chi connectivity index (χ1) is 6.77. The fourth-order valence-corrected chi connectivity index (χ4v) is 1.60. The summed E-state index contributed by atoms with van der Waals surface area (Å²) in [5.41, 5.74) is 7.25. The highest BCUT2D eigenvalue weighted by Crippen LogP contribution is 2.17. The lowest BCUT2D eigenvalue weighted by molar-refractivity contribution is -0.124. The first-order valence-electron chi connectivity index (χ1n) is 4.64. The molecule has 1 unspecified atom stereocenters. The largest absolute Gasteiger partial charge is 0.399 e. The number of nitrogen functional groups attached to an aromatic ring is 1. The highest BCUT2D eigenvalue weighted by molar-refractivity contribution is 5.84. The Bertz CT molecular complexity index is 351. The smallest absolute Gasteiger partial charge is 0.241 e. The third-order valence-electron chi connectivity index (χ3n) is 2.28. The molecule has 1 heterocycles. The zero-order valence-corrected chi connectivity index (χ0v) is 7.79. The van der Waals surface area contributed by atoms with E-state index in [1.54, 1.807) is 0 Å². The molecule has 1 aliphatic rings. The minimum atomic E-state index is -0.257. The summed E-state index contributed by atoms with van der Waals surface area (Å²) in [5.74, 6) is 0.0156. The molecular weight excluding hydrogens is 178 g/mol. The molecule has 2 rings (SSSR count). The lowest BCUT2D eigenvalue weighted by Gasteiger charge is -2.23. The monoisotopic (exact) mass is 191 g/mol. The van der Waals surface area contributed by atoms with Gasteiger partial charge < -0.3 is 16.4 Å². The molecule has 1 aromatic carbocycles. The Morgan fingerprint density at radius 2 is 2.21 bits per heavy atom. The van der Waals surface area contributed by atoms with Crippen LogP contribution in [0.3, 0.4) is 0 Å². The summed E-state index contributed by atoms with van der Waals surface area (Å²) >= 11 is 0. The molecule has 0 saturated carbocycles. The number of carbonyl (C=O) groups is 1. The van der Waals surface area contributed by atoms with Crippen molar-refractivity contribution < 1.29 is 4.79 Å². The molecule has 74 valence electrons. The Morgan fingerprint density at radius 3 is 2.93 bits per heavy atom. The van der Waals surface area contributed by atoms with Crippen LogP contribution < -0.4 is 16.4 Å². The lowest BCUT2D eigenvalue weighted by Crippen LogP contribution is -2.47. The summed E-state index contributed by atoms with van der Waals surface area (Å²) < 4.78 is 0. The van der Waals surface area contributed by atoms with Crippen LogP contribution in [0.25, 0.3) is 0 Å². The molecule has 1 aliphatic heterocycles. The maximum Gasteiger partial charge on any atom is 0.241 e. The number of nitrogens with one attached hydrogen (secondary N) is 2. The van der Waals surface area contributed by atoms with Gasteiger partial charge in [0.05, 0.1) is 0 Å². The molecule has 0 spiro atoms. The van der Waals surface area contributed by atoms with Crippen LogP contribution in [0.2, 0.25) is 0 Å². The zero-order chi connectivity index (χ0) is 9.97. The molecular formula is C10H13N3O. The number of hydrogen-bond donors (Lipinski definition) is 3. The highest BCUT2D eigenvalue weighted by Gasteiger charge is 2.22. The summed E-state index contributed by atoms with van der Waals surface area (Å²) in [4.78, 5) is 11.5. The summed E-state index contributed by atoms with van der Waals surface area (Å²) in [7, 11) is 0. The molecule has 1 atom stereocenters. The van der Waals surface area contributed by atoms with Gasteiger partial charge in [-0.25, -0.2) is 0 Å². The maximum atomic E-state index is 11.5. The SMILES string of the molecule is Nc1cccc(C2NCCNC2=O)c1. The second kappa shape index (κ2) is 3.67. The molecule has 1 aromatic rings. The van der Waals surface area contributed by atoms with Crippen molar-refractivity contribution in [1.29, 1.82) is 0 Å². The average Bonchev–Trinajstić information content (AvgIpc) is 2.18. The third-order valence-corrected chi connectivity index (χ3v) is 2.28. The number of amides is 1. The Kier molecular flexibility index (Phi) is 2.37. The molecule has 1 amide bonds. The molecule has 0 aromatic heterocycles. The molecule has 4 nitrogen and oxygen atoms in total. The molecule has 1 fully saturated rings. The Labute approximate surface area is 82.5 Å². The molecule has 4 heteroatoms. The minimum absolute atomic E-state index is 0.0156. The van der Waals surface area contributed by atoms with E-state index in [4.69, 9.17) is 5.73 Å². The van der Waals surface area contributed by atoms with Gasteiger partial charge in [0.15, 0.2) is 0 Å². The van der Waals surface area contributed by atoms with Gasteiger partial charge in [-0.2, -0.15) is 0 Å². The van der Waals surface area contributed by atoms with Gasteiger partial charge >= 0.3 is 0 Å². The fourth-order valence-electron chi connectivity index (χ4n) is 1.60. The maximum absolute atomic E-state index is 11.5. The van der Waals surface area contributed by atoms with Gasteiger partial charge in [0, 0.05) is 18.8 Å². The van der Waals surface area contributed by atoms with Crippen LogP contribution >= 0.6 is 0 Å².